The smallest absolute Gasteiger partial charge is 0.407 e. The molecule has 3 aliphatic rings. The largest absolute Gasteiger partial charge is 0.472 e. The van der Waals surface area contributed by atoms with Gasteiger partial charge in [-0.25, -0.2) is 28.5 Å². The van der Waals surface area contributed by atoms with Crippen molar-refractivity contribution in [2.24, 2.45) is 0 Å². The molecule has 286 valence electrons. The number of carboxylic acid groups (broad SMARTS) is 1. The zero-order chi connectivity index (χ0) is 38.8. The van der Waals surface area contributed by atoms with Gasteiger partial charge in [-0.15, -0.1) is 5.54 Å². The number of anilines is 1. The van der Waals surface area contributed by atoms with E-state index in [0.29, 0.717) is 68.9 Å². The van der Waals surface area contributed by atoms with Gasteiger partial charge in [0.15, 0.2) is 17.8 Å². The summed E-state index contributed by atoms with van der Waals surface area (Å²) in [6.07, 6.45) is 1.68. The fraction of sp³-hybridized carbons (Fsp3) is 0.500. The lowest BCUT2D eigenvalue weighted by Gasteiger charge is -2.47. The molecule has 2 saturated heterocycles. The number of pyridine rings is 1. The van der Waals surface area contributed by atoms with Gasteiger partial charge < -0.3 is 24.2 Å². The average molecular weight is 776 g/mol. The third kappa shape index (κ3) is 6.03. The number of carbonyl (C=O) groups is 1. The number of halogens is 2. The number of thioether (sulfide) groups is 1. The minimum absolute atomic E-state index is 0.0106. The first-order chi connectivity index (χ1) is 25.7. The van der Waals surface area contributed by atoms with Crippen LogP contribution in [0.3, 0.4) is 0 Å². The van der Waals surface area contributed by atoms with E-state index in [1.807, 2.05) is 13.2 Å². The summed E-state index contributed by atoms with van der Waals surface area (Å²) in [5.41, 5.74) is 4.93. The highest BCUT2D eigenvalue weighted by Gasteiger charge is 2.53. The highest BCUT2D eigenvalue weighted by Crippen LogP contribution is 2.48. The maximum Gasteiger partial charge on any atom is 0.407 e. The monoisotopic (exact) mass is 775 g/mol. The molecule has 54 heavy (non-hydrogen) atoms. The van der Waals surface area contributed by atoms with E-state index in [-0.39, 0.29) is 47.1 Å². The van der Waals surface area contributed by atoms with Gasteiger partial charge in [-0.05, 0) is 66.2 Å². The number of benzene rings is 2. The Labute approximate surface area is 320 Å². The maximum atomic E-state index is 17.5. The van der Waals surface area contributed by atoms with E-state index in [9.17, 15) is 9.90 Å². The molecule has 2 aromatic heterocycles. The molecular weight excluding hydrogens is 729 g/mol. The van der Waals surface area contributed by atoms with Crippen LogP contribution in [0.5, 0.6) is 11.6 Å². The fourth-order valence-corrected chi connectivity index (χ4v) is 15.1. The molecule has 2 bridgehead atoms. The number of amides is 1. The summed E-state index contributed by atoms with van der Waals surface area (Å²) in [6, 6.07) is 5.44. The predicted molar refractivity (Wildman–Crippen MR) is 210 cm³/mol. The van der Waals surface area contributed by atoms with Crippen LogP contribution in [-0.4, -0.2) is 90.1 Å². The van der Waals surface area contributed by atoms with E-state index >= 15 is 8.78 Å². The molecule has 0 radical (unpaired) electrons. The van der Waals surface area contributed by atoms with Crippen LogP contribution in [0, 0.1) is 23.1 Å². The van der Waals surface area contributed by atoms with Crippen molar-refractivity contribution in [3.8, 4) is 34.4 Å². The number of aromatic nitrogens is 3. The number of nitrogens with zero attached hydrogens (tertiary/aromatic N) is 5. The molecule has 0 spiro atoms. The zero-order valence-corrected chi connectivity index (χ0v) is 34.0. The molecule has 1 N–H and O–H groups in total. The number of methoxy groups -OCH3 is 1. The zero-order valence-electron chi connectivity index (χ0n) is 32.2. The van der Waals surface area contributed by atoms with Crippen LogP contribution in [-0.2, 0) is 4.74 Å². The lowest BCUT2D eigenvalue weighted by molar-refractivity contribution is 0.0512. The Kier molecular flexibility index (Phi) is 10.2. The summed E-state index contributed by atoms with van der Waals surface area (Å²) >= 11 is 1.28. The van der Waals surface area contributed by atoms with E-state index < -0.39 is 37.9 Å². The Morgan fingerprint density at radius 2 is 1.80 bits per heavy atom. The first kappa shape index (κ1) is 38.1. The van der Waals surface area contributed by atoms with Crippen molar-refractivity contribution in [3.63, 3.8) is 0 Å². The molecule has 10 nitrogen and oxygen atoms in total. The van der Waals surface area contributed by atoms with Crippen molar-refractivity contribution >= 4 is 53.4 Å². The van der Waals surface area contributed by atoms with Crippen molar-refractivity contribution in [1.29, 1.82) is 0 Å². The molecule has 14 heteroatoms. The third-order valence-electron chi connectivity index (χ3n) is 11.8. The van der Waals surface area contributed by atoms with Gasteiger partial charge in [0.1, 0.15) is 48.2 Å². The van der Waals surface area contributed by atoms with Gasteiger partial charge in [0.05, 0.1) is 23.7 Å². The van der Waals surface area contributed by atoms with Gasteiger partial charge in [0.2, 0.25) is 5.88 Å². The summed E-state index contributed by atoms with van der Waals surface area (Å²) < 4.78 is 51.5. The summed E-state index contributed by atoms with van der Waals surface area (Å²) in [4.78, 5) is 30.5. The molecule has 5 heterocycles. The van der Waals surface area contributed by atoms with Gasteiger partial charge in [-0.3, -0.25) is 4.90 Å². The second-order valence-electron chi connectivity index (χ2n) is 15.5. The van der Waals surface area contributed by atoms with Crippen LogP contribution >= 0.6 is 11.8 Å². The van der Waals surface area contributed by atoms with Gasteiger partial charge in [-0.1, -0.05) is 65.3 Å². The SMILES string of the molecule is COCOc1cc(-c2nc3c4c(nc(SC)nc4c2F)N2CC4CCC(C2C(C)O3)N4C(=O)O)c2c(C#C[Si](C(C)C)(C(C)C)C(C)C)c(F)ccc2c1. The van der Waals surface area contributed by atoms with E-state index in [0.717, 1.165) is 0 Å². The normalized spacial score (nSPS) is 20.7. The molecule has 2 fully saturated rings. The van der Waals surface area contributed by atoms with Crippen molar-refractivity contribution in [2.45, 2.75) is 107 Å². The lowest BCUT2D eigenvalue weighted by atomic mass is 9.95. The van der Waals surface area contributed by atoms with Crippen molar-refractivity contribution < 1.29 is 32.9 Å². The number of hydrogen-bond donors (Lipinski definition) is 1. The quantitative estimate of drug-likeness (QED) is 0.0613. The highest BCUT2D eigenvalue weighted by molar-refractivity contribution is 7.98. The summed E-state index contributed by atoms with van der Waals surface area (Å²) in [5.74, 6) is 3.03. The molecule has 1 amide bonds. The molecule has 3 aliphatic heterocycles. The second kappa shape index (κ2) is 14.5. The van der Waals surface area contributed by atoms with Gasteiger partial charge in [0.25, 0.3) is 0 Å². The predicted octanol–water partition coefficient (Wildman–Crippen LogP) is 8.88. The van der Waals surface area contributed by atoms with Gasteiger partial charge in [0, 0.05) is 24.6 Å². The Morgan fingerprint density at radius 1 is 1.07 bits per heavy atom. The average Bonchev–Trinajstić information content (AvgIpc) is 3.38. The van der Waals surface area contributed by atoms with Crippen LogP contribution in [0.2, 0.25) is 16.6 Å². The van der Waals surface area contributed by atoms with Crippen molar-refractivity contribution in [3.05, 3.63) is 41.5 Å². The third-order valence-corrected chi connectivity index (χ3v) is 18.6. The minimum atomic E-state index is -2.31. The first-order valence-electron chi connectivity index (χ1n) is 18.5. The van der Waals surface area contributed by atoms with Crippen LogP contribution in [0.4, 0.5) is 19.4 Å². The standard InChI is InChI=1S/C40H47F2N5O5SSi/c1-20(2)54(21(3)4,22(5)6)15-14-27-29(41)12-10-24-16-26(51-19-50-8)17-28(31(24)27)34-33(42)35-32-37(45-39(44-35)53-9)46-18-25-11-13-30(47(25)40(48)49)36(46)23(7)52-38(32)43-34/h10,12,16-17,20-23,25,30,36H,11,13,18-19H2,1-9H3,(H,48,49). The molecule has 4 atom stereocenters. The highest BCUT2D eigenvalue weighted by atomic mass is 32.2. The van der Waals surface area contributed by atoms with E-state index in [4.69, 9.17) is 24.2 Å². The van der Waals surface area contributed by atoms with E-state index in [1.165, 1.54) is 29.8 Å². The number of ether oxygens (including phenoxy) is 3. The molecule has 4 aromatic rings. The van der Waals surface area contributed by atoms with E-state index in [1.54, 1.807) is 18.2 Å². The molecule has 7 rings (SSSR count). The maximum absolute atomic E-state index is 17.5. The number of hydrogen-bond acceptors (Lipinski definition) is 9. The van der Waals surface area contributed by atoms with E-state index in [2.05, 4.69) is 62.9 Å². The number of rotatable bonds is 8. The Hall–Kier alpha value is -4.19. The first-order valence-corrected chi connectivity index (χ1v) is 22.0. The summed E-state index contributed by atoms with van der Waals surface area (Å²) in [7, 11) is -0.801. The fourth-order valence-electron chi connectivity index (χ4n) is 9.52. The lowest BCUT2D eigenvalue weighted by Crippen LogP contribution is -2.64. The molecular formula is C40H47F2N5O5SSi. The molecule has 2 aromatic carbocycles. The number of piperazine rings is 1. The summed E-state index contributed by atoms with van der Waals surface area (Å²) in [6.45, 7) is 15.4. The molecule has 0 aliphatic carbocycles. The number of fused-ring (bicyclic) bond motifs is 6. The van der Waals surface area contributed by atoms with Crippen LogP contribution in [0.15, 0.2) is 29.4 Å². The summed E-state index contributed by atoms with van der Waals surface area (Å²) in [5, 5.41) is 11.8. The van der Waals surface area contributed by atoms with Gasteiger partial charge in [-0.2, -0.15) is 0 Å². The molecule has 0 saturated carbocycles. The van der Waals surface area contributed by atoms with Crippen molar-refractivity contribution in [1.82, 2.24) is 19.9 Å². The van der Waals surface area contributed by atoms with Crippen LogP contribution in [0.1, 0.15) is 66.9 Å². The van der Waals surface area contributed by atoms with Gasteiger partial charge >= 0.3 is 6.09 Å². The van der Waals surface area contributed by atoms with Crippen LogP contribution in [0.25, 0.3) is 32.9 Å². The topological polar surface area (TPSA) is 110 Å². The van der Waals surface area contributed by atoms with Crippen LogP contribution < -0.4 is 14.4 Å². The Balaban J connectivity index is 1.52. The second-order valence-corrected chi connectivity index (χ2v) is 21.8. The van der Waals surface area contributed by atoms with Crippen molar-refractivity contribution in [2.75, 3.05) is 31.6 Å². The Bertz CT molecular complexity index is 2190. The Morgan fingerprint density at radius 3 is 2.44 bits per heavy atom. The minimum Gasteiger partial charge on any atom is -0.472 e. The molecule has 4 unspecified atom stereocenters.